The number of nitrogen functional groups attached to an aromatic ring is 1. The van der Waals surface area contributed by atoms with Gasteiger partial charge in [-0.1, -0.05) is 18.2 Å². The Labute approximate surface area is 141 Å². The molecular weight excluding hydrogens is 320 g/mol. The van der Waals surface area contributed by atoms with Crippen molar-refractivity contribution in [2.24, 2.45) is 0 Å². The summed E-state index contributed by atoms with van der Waals surface area (Å²) in [6.07, 6.45) is 0. The molecule has 0 amide bonds. The third-order valence-electron chi connectivity index (χ3n) is 4.38. The van der Waals surface area contributed by atoms with Gasteiger partial charge in [0.15, 0.2) is 5.75 Å². The van der Waals surface area contributed by atoms with E-state index in [1.807, 2.05) is 31.2 Å². The van der Waals surface area contributed by atoms with Gasteiger partial charge in [0.1, 0.15) is 11.2 Å². The molecule has 0 bridgehead atoms. The summed E-state index contributed by atoms with van der Waals surface area (Å²) in [5.41, 5.74) is 8.44. The zero-order chi connectivity index (χ0) is 17.7. The Morgan fingerprint density at radius 1 is 1.16 bits per heavy atom. The molecule has 2 heterocycles. The molecule has 0 spiro atoms. The molecule has 7 nitrogen and oxygen atoms in total. The monoisotopic (exact) mass is 336 g/mol. The van der Waals surface area contributed by atoms with Crippen LogP contribution in [0.2, 0.25) is 0 Å². The number of aryl methyl sites for hydroxylation is 1. The van der Waals surface area contributed by atoms with Gasteiger partial charge in [0.25, 0.3) is 5.56 Å². The van der Waals surface area contributed by atoms with Crippen LogP contribution in [0.15, 0.2) is 46.0 Å². The number of fused-ring (bicyclic) bond motifs is 3. The second-order valence-electron chi connectivity index (χ2n) is 5.87. The van der Waals surface area contributed by atoms with Crippen LogP contribution in [0.1, 0.15) is 5.56 Å². The van der Waals surface area contributed by atoms with Gasteiger partial charge in [-0.2, -0.15) is 0 Å². The Bertz CT molecular complexity index is 1250. The zero-order valence-electron chi connectivity index (χ0n) is 13.7. The molecule has 0 radical (unpaired) electrons. The molecular formula is C18H16N4O3. The minimum Gasteiger partial charge on any atom is -0.493 e. The van der Waals surface area contributed by atoms with Crippen molar-refractivity contribution in [3.8, 4) is 11.4 Å². The average Bonchev–Trinajstić information content (AvgIpc) is 2.93. The molecule has 2 aromatic heterocycles. The van der Waals surface area contributed by atoms with Crippen LogP contribution in [0.4, 0.5) is 5.82 Å². The van der Waals surface area contributed by atoms with E-state index in [0.29, 0.717) is 27.6 Å². The number of ether oxygens (including phenoxy) is 1. The van der Waals surface area contributed by atoms with Gasteiger partial charge in [0, 0.05) is 11.5 Å². The van der Waals surface area contributed by atoms with E-state index < -0.39 is 0 Å². The van der Waals surface area contributed by atoms with E-state index in [9.17, 15) is 9.59 Å². The largest absolute Gasteiger partial charge is 0.493 e. The summed E-state index contributed by atoms with van der Waals surface area (Å²) in [6.45, 7) is 1.96. The third-order valence-corrected chi connectivity index (χ3v) is 4.38. The number of methoxy groups -OCH3 is 1. The van der Waals surface area contributed by atoms with E-state index in [1.54, 1.807) is 10.7 Å². The summed E-state index contributed by atoms with van der Waals surface area (Å²) < 4.78 is 6.79. The van der Waals surface area contributed by atoms with Gasteiger partial charge in [0.2, 0.25) is 5.43 Å². The highest BCUT2D eigenvalue weighted by Crippen LogP contribution is 2.28. The smallest absolute Gasteiger partial charge is 0.261 e. The second-order valence-corrected chi connectivity index (χ2v) is 5.87. The fourth-order valence-electron chi connectivity index (χ4n) is 3.11. The topological polar surface area (TPSA) is 106 Å². The number of hydrogen-bond donors (Lipinski definition) is 3. The van der Waals surface area contributed by atoms with E-state index >= 15 is 0 Å². The second kappa shape index (κ2) is 5.27. The molecule has 4 N–H and O–H groups in total. The van der Waals surface area contributed by atoms with Crippen molar-refractivity contribution in [2.75, 3.05) is 12.8 Å². The van der Waals surface area contributed by atoms with E-state index in [0.717, 1.165) is 11.3 Å². The van der Waals surface area contributed by atoms with E-state index in [1.165, 1.54) is 13.2 Å². The first-order valence-electron chi connectivity index (χ1n) is 7.71. The number of pyridine rings is 1. The normalized spacial score (nSPS) is 11.3. The van der Waals surface area contributed by atoms with Crippen molar-refractivity contribution in [1.82, 2.24) is 14.8 Å². The molecule has 0 fully saturated rings. The first-order valence-corrected chi connectivity index (χ1v) is 7.71. The van der Waals surface area contributed by atoms with Crippen LogP contribution in [-0.4, -0.2) is 21.9 Å². The number of nitrogens with two attached hydrogens (primary N) is 1. The van der Waals surface area contributed by atoms with Crippen LogP contribution in [0, 0.1) is 6.92 Å². The van der Waals surface area contributed by atoms with Gasteiger partial charge in [-0.3, -0.25) is 14.7 Å². The van der Waals surface area contributed by atoms with Crippen LogP contribution in [0.3, 0.4) is 0 Å². The SMILES string of the molecule is COc1cc2c(cc1=O)[nH]c(=O)c1c(N)n(-c3ccccc3C)[nH]c12. The number of aromatic amines is 2. The molecule has 25 heavy (non-hydrogen) atoms. The van der Waals surface area contributed by atoms with E-state index in [4.69, 9.17) is 10.5 Å². The molecule has 4 aromatic rings. The highest BCUT2D eigenvalue weighted by molar-refractivity contribution is 6.07. The van der Waals surface area contributed by atoms with E-state index in [-0.39, 0.29) is 16.7 Å². The summed E-state index contributed by atoms with van der Waals surface area (Å²) in [4.78, 5) is 27.2. The van der Waals surface area contributed by atoms with Crippen LogP contribution in [0.5, 0.6) is 5.75 Å². The van der Waals surface area contributed by atoms with Crippen LogP contribution >= 0.6 is 0 Å². The van der Waals surface area contributed by atoms with Crippen molar-refractivity contribution in [3.05, 3.63) is 62.5 Å². The van der Waals surface area contributed by atoms with E-state index in [2.05, 4.69) is 10.1 Å². The van der Waals surface area contributed by atoms with Gasteiger partial charge >= 0.3 is 0 Å². The van der Waals surface area contributed by atoms with Crippen molar-refractivity contribution in [3.63, 3.8) is 0 Å². The first kappa shape index (κ1) is 15.1. The number of aromatic nitrogens is 3. The third kappa shape index (κ3) is 2.13. The number of nitrogens with one attached hydrogen (secondary N) is 2. The van der Waals surface area contributed by atoms with Crippen molar-refractivity contribution < 1.29 is 4.74 Å². The summed E-state index contributed by atoms with van der Waals surface area (Å²) >= 11 is 0. The molecule has 0 saturated heterocycles. The molecule has 7 heteroatoms. The Hall–Kier alpha value is -3.48. The Morgan fingerprint density at radius 2 is 1.92 bits per heavy atom. The van der Waals surface area contributed by atoms with Gasteiger partial charge in [-0.25, -0.2) is 4.68 Å². The van der Waals surface area contributed by atoms with Gasteiger partial charge < -0.3 is 15.5 Å². The lowest BCUT2D eigenvalue weighted by molar-refractivity contribution is 0.411. The molecule has 0 aliphatic carbocycles. The maximum atomic E-state index is 12.5. The lowest BCUT2D eigenvalue weighted by Crippen LogP contribution is -2.11. The number of hydrogen-bond acceptors (Lipinski definition) is 4. The standard InChI is InChI=1S/C18H16N4O3/c1-9-5-3-4-6-12(9)22-17(19)15-16(21-22)10-7-14(25-2)13(23)8-11(10)20-18(15)24/h3-8,21H,19H2,1-2H3,(H,20,24). The number of para-hydroxylation sites is 1. The van der Waals surface area contributed by atoms with Gasteiger partial charge in [-0.05, 0) is 24.6 Å². The lowest BCUT2D eigenvalue weighted by atomic mass is 10.1. The Morgan fingerprint density at radius 3 is 2.64 bits per heavy atom. The highest BCUT2D eigenvalue weighted by atomic mass is 16.5. The number of rotatable bonds is 2. The molecule has 0 atom stereocenters. The minimum atomic E-state index is -0.354. The molecule has 4 rings (SSSR count). The molecule has 0 aliphatic heterocycles. The summed E-state index contributed by atoms with van der Waals surface area (Å²) in [5.74, 6) is 0.508. The highest BCUT2D eigenvalue weighted by Gasteiger charge is 2.17. The molecule has 2 aromatic carbocycles. The lowest BCUT2D eigenvalue weighted by Gasteiger charge is -2.08. The Balaban J connectivity index is 2.17. The predicted molar refractivity (Wildman–Crippen MR) is 97.7 cm³/mol. The summed E-state index contributed by atoms with van der Waals surface area (Å²) in [7, 11) is 1.43. The van der Waals surface area contributed by atoms with Crippen LogP contribution in [-0.2, 0) is 0 Å². The van der Waals surface area contributed by atoms with Gasteiger partial charge in [-0.15, -0.1) is 0 Å². The molecule has 126 valence electrons. The first-order chi connectivity index (χ1) is 12.0. The fourth-order valence-corrected chi connectivity index (χ4v) is 3.11. The maximum absolute atomic E-state index is 12.5. The molecule has 0 unspecified atom stereocenters. The molecule has 0 aliphatic rings. The van der Waals surface area contributed by atoms with Crippen LogP contribution in [0.25, 0.3) is 27.5 Å². The number of benzene rings is 2. The Kier molecular flexibility index (Phi) is 3.18. The number of H-pyrrole nitrogens is 2. The maximum Gasteiger partial charge on any atom is 0.261 e. The number of nitrogens with zero attached hydrogens (tertiary/aromatic N) is 1. The molecule has 0 saturated carbocycles. The predicted octanol–water partition coefficient (Wildman–Crippen LogP) is 2.06. The summed E-state index contributed by atoms with van der Waals surface area (Å²) in [6, 6.07) is 10.7. The quantitative estimate of drug-likeness (QED) is 0.521. The average molecular weight is 336 g/mol. The van der Waals surface area contributed by atoms with Crippen molar-refractivity contribution >= 4 is 27.6 Å². The minimum absolute atomic E-state index is 0.205. The van der Waals surface area contributed by atoms with Gasteiger partial charge in [0.05, 0.1) is 23.8 Å². The fraction of sp³-hybridized carbons (Fsp3) is 0.111. The number of anilines is 1. The summed E-state index contributed by atoms with van der Waals surface area (Å²) in [5, 5.41) is 4.19. The van der Waals surface area contributed by atoms with Crippen molar-refractivity contribution in [1.29, 1.82) is 0 Å². The van der Waals surface area contributed by atoms with Crippen LogP contribution < -0.4 is 21.5 Å². The van der Waals surface area contributed by atoms with Crippen molar-refractivity contribution in [2.45, 2.75) is 6.92 Å². The zero-order valence-corrected chi connectivity index (χ0v) is 13.7.